The van der Waals surface area contributed by atoms with E-state index in [0.29, 0.717) is 5.92 Å². The van der Waals surface area contributed by atoms with Crippen LogP contribution in [0.2, 0.25) is 0 Å². The van der Waals surface area contributed by atoms with Gasteiger partial charge in [-0.2, -0.15) is 4.80 Å². The lowest BCUT2D eigenvalue weighted by Crippen LogP contribution is -2.20. The van der Waals surface area contributed by atoms with Crippen LogP contribution in [-0.2, 0) is 13.5 Å². The first kappa shape index (κ1) is 10.1. The van der Waals surface area contributed by atoms with E-state index in [-0.39, 0.29) is 0 Å². The molecular weight excluding hydrogens is 166 g/mol. The van der Waals surface area contributed by atoms with E-state index in [1.807, 2.05) is 7.05 Å². The number of aromatic nitrogens is 4. The van der Waals surface area contributed by atoms with Gasteiger partial charge in [-0.05, 0) is 24.7 Å². The van der Waals surface area contributed by atoms with E-state index in [1.165, 1.54) is 4.80 Å². The van der Waals surface area contributed by atoms with Crippen LogP contribution in [0.1, 0.15) is 19.2 Å². The van der Waals surface area contributed by atoms with Crippen molar-refractivity contribution < 1.29 is 0 Å². The van der Waals surface area contributed by atoms with Crippen LogP contribution >= 0.6 is 0 Å². The highest BCUT2D eigenvalue weighted by atomic mass is 15.6. The molecule has 0 aliphatic rings. The zero-order valence-electron chi connectivity index (χ0n) is 8.49. The third-order valence-electron chi connectivity index (χ3n) is 2.09. The van der Waals surface area contributed by atoms with E-state index in [9.17, 15) is 0 Å². The molecule has 0 amide bonds. The van der Waals surface area contributed by atoms with Gasteiger partial charge >= 0.3 is 0 Å². The van der Waals surface area contributed by atoms with Gasteiger partial charge in [-0.25, -0.2) is 0 Å². The van der Waals surface area contributed by atoms with E-state index in [1.54, 1.807) is 7.05 Å². The number of nitrogens with one attached hydrogen (secondary N) is 1. The summed E-state index contributed by atoms with van der Waals surface area (Å²) in [5.41, 5.74) is 0. The molecule has 0 aromatic carbocycles. The topological polar surface area (TPSA) is 55.6 Å². The first-order chi connectivity index (χ1) is 6.26. The maximum Gasteiger partial charge on any atom is 0.175 e. The van der Waals surface area contributed by atoms with Crippen LogP contribution in [-0.4, -0.2) is 33.8 Å². The molecule has 0 saturated carbocycles. The molecule has 1 rings (SSSR count). The van der Waals surface area contributed by atoms with Crippen molar-refractivity contribution in [3.63, 3.8) is 0 Å². The van der Waals surface area contributed by atoms with E-state index in [4.69, 9.17) is 0 Å². The third-order valence-corrected chi connectivity index (χ3v) is 2.09. The van der Waals surface area contributed by atoms with Gasteiger partial charge in [-0.3, -0.25) is 0 Å². The van der Waals surface area contributed by atoms with Gasteiger partial charge in [0.25, 0.3) is 0 Å². The molecule has 0 saturated heterocycles. The predicted molar refractivity (Wildman–Crippen MR) is 50.2 cm³/mol. The maximum atomic E-state index is 4.15. The van der Waals surface area contributed by atoms with Crippen LogP contribution in [0.5, 0.6) is 0 Å². The highest BCUT2D eigenvalue weighted by Gasteiger charge is 2.09. The summed E-state index contributed by atoms with van der Waals surface area (Å²) in [6.45, 7) is 3.19. The summed E-state index contributed by atoms with van der Waals surface area (Å²) in [6.07, 6.45) is 2.05. The molecule has 0 aliphatic heterocycles. The summed E-state index contributed by atoms with van der Waals surface area (Å²) in [5, 5.41) is 15.1. The van der Waals surface area contributed by atoms with Crippen molar-refractivity contribution in [1.29, 1.82) is 0 Å². The first-order valence-corrected chi connectivity index (χ1v) is 4.63. The molecule has 13 heavy (non-hydrogen) atoms. The number of nitrogens with zero attached hydrogens (tertiary/aromatic N) is 4. The minimum absolute atomic E-state index is 0.606. The van der Waals surface area contributed by atoms with Crippen molar-refractivity contribution >= 4 is 0 Å². The van der Waals surface area contributed by atoms with Crippen LogP contribution in [0, 0.1) is 5.92 Å². The van der Waals surface area contributed by atoms with Crippen LogP contribution in [0.25, 0.3) is 0 Å². The molecular formula is C8H17N5. The maximum absolute atomic E-state index is 4.15. The molecule has 1 aromatic heterocycles. The van der Waals surface area contributed by atoms with Gasteiger partial charge in [0.1, 0.15) is 0 Å². The van der Waals surface area contributed by atoms with Crippen molar-refractivity contribution in [2.45, 2.75) is 19.8 Å². The van der Waals surface area contributed by atoms with Crippen molar-refractivity contribution in [1.82, 2.24) is 25.5 Å². The molecule has 0 bridgehead atoms. The number of aryl methyl sites for hydroxylation is 1. The van der Waals surface area contributed by atoms with Crippen LogP contribution in [0.4, 0.5) is 0 Å². The Morgan fingerprint density at radius 3 is 2.77 bits per heavy atom. The van der Waals surface area contributed by atoms with Gasteiger partial charge in [0.15, 0.2) is 5.82 Å². The van der Waals surface area contributed by atoms with Gasteiger partial charge in [-0.15, -0.1) is 10.2 Å². The van der Waals surface area contributed by atoms with E-state index in [2.05, 4.69) is 27.7 Å². The Kier molecular flexibility index (Phi) is 3.82. The van der Waals surface area contributed by atoms with E-state index < -0.39 is 0 Å². The zero-order valence-corrected chi connectivity index (χ0v) is 8.49. The fraction of sp³-hybridized carbons (Fsp3) is 0.875. The molecule has 1 heterocycles. The summed E-state index contributed by atoms with van der Waals surface area (Å²) in [4.78, 5) is 1.50. The molecule has 1 atom stereocenters. The highest BCUT2D eigenvalue weighted by molar-refractivity contribution is 4.81. The summed E-state index contributed by atoms with van der Waals surface area (Å²) in [6, 6.07) is 0. The minimum atomic E-state index is 0.606. The molecule has 0 spiro atoms. The molecule has 0 aliphatic carbocycles. The van der Waals surface area contributed by atoms with Crippen LogP contribution in [0.15, 0.2) is 0 Å². The quantitative estimate of drug-likeness (QED) is 0.698. The zero-order chi connectivity index (χ0) is 9.68. The second-order valence-electron chi connectivity index (χ2n) is 3.23. The monoisotopic (exact) mass is 183 g/mol. The summed E-state index contributed by atoms with van der Waals surface area (Å²) in [5.74, 6) is 1.44. The molecule has 1 N–H and O–H groups in total. The average molecular weight is 183 g/mol. The molecule has 74 valence electrons. The summed E-state index contributed by atoms with van der Waals surface area (Å²) in [7, 11) is 3.75. The van der Waals surface area contributed by atoms with Gasteiger partial charge < -0.3 is 5.32 Å². The fourth-order valence-corrected chi connectivity index (χ4v) is 1.31. The second-order valence-corrected chi connectivity index (χ2v) is 3.23. The fourth-order valence-electron chi connectivity index (χ4n) is 1.31. The lowest BCUT2D eigenvalue weighted by Gasteiger charge is -2.10. The molecule has 0 fully saturated rings. The lowest BCUT2D eigenvalue weighted by atomic mass is 10.0. The Balaban J connectivity index is 2.46. The average Bonchev–Trinajstić information content (AvgIpc) is 2.50. The SMILES string of the molecule is CCC(CNC)Cc1nnn(C)n1. The smallest absolute Gasteiger partial charge is 0.175 e. The first-order valence-electron chi connectivity index (χ1n) is 4.63. The lowest BCUT2D eigenvalue weighted by molar-refractivity contribution is 0.469. The second kappa shape index (κ2) is 4.91. The van der Waals surface area contributed by atoms with Gasteiger partial charge in [0, 0.05) is 6.42 Å². The molecule has 5 heteroatoms. The summed E-state index contributed by atoms with van der Waals surface area (Å²) >= 11 is 0. The van der Waals surface area contributed by atoms with Crippen LogP contribution < -0.4 is 5.32 Å². The van der Waals surface area contributed by atoms with Crippen molar-refractivity contribution in [2.24, 2.45) is 13.0 Å². The molecule has 5 nitrogen and oxygen atoms in total. The van der Waals surface area contributed by atoms with Crippen LogP contribution in [0.3, 0.4) is 0 Å². The Morgan fingerprint density at radius 2 is 2.31 bits per heavy atom. The van der Waals surface area contributed by atoms with Crippen molar-refractivity contribution in [2.75, 3.05) is 13.6 Å². The van der Waals surface area contributed by atoms with E-state index >= 15 is 0 Å². The third kappa shape index (κ3) is 3.10. The number of tetrazole rings is 1. The molecule has 1 unspecified atom stereocenters. The largest absolute Gasteiger partial charge is 0.319 e. The number of rotatable bonds is 5. The van der Waals surface area contributed by atoms with Crippen molar-refractivity contribution in [3.8, 4) is 0 Å². The number of hydrogen-bond donors (Lipinski definition) is 1. The Morgan fingerprint density at radius 1 is 1.54 bits per heavy atom. The molecule has 0 radical (unpaired) electrons. The molecule has 1 aromatic rings. The normalized spacial score (nSPS) is 13.2. The minimum Gasteiger partial charge on any atom is -0.319 e. The number of hydrogen-bond acceptors (Lipinski definition) is 4. The van der Waals surface area contributed by atoms with Gasteiger partial charge in [-0.1, -0.05) is 13.3 Å². The van der Waals surface area contributed by atoms with E-state index in [0.717, 1.165) is 25.2 Å². The van der Waals surface area contributed by atoms with Gasteiger partial charge in [0.2, 0.25) is 0 Å². The predicted octanol–water partition coefficient (Wildman–Crippen LogP) is -0.00180. The van der Waals surface area contributed by atoms with Crippen molar-refractivity contribution in [3.05, 3.63) is 5.82 Å². The Labute approximate surface area is 78.5 Å². The summed E-state index contributed by atoms with van der Waals surface area (Å²) < 4.78 is 0. The standard InChI is InChI=1S/C8H17N5/c1-4-7(6-9-2)5-8-10-12-13(3)11-8/h7,9H,4-6H2,1-3H3. The Hall–Kier alpha value is -0.970. The highest BCUT2D eigenvalue weighted by Crippen LogP contribution is 2.06. The van der Waals surface area contributed by atoms with Gasteiger partial charge in [0.05, 0.1) is 7.05 Å². The Bertz CT molecular complexity index is 244.